The van der Waals surface area contributed by atoms with Crippen molar-refractivity contribution < 1.29 is 0 Å². The van der Waals surface area contributed by atoms with Gasteiger partial charge in [-0.15, -0.1) is 0 Å². The molecule has 3 N–H and O–H groups in total. The third-order valence-corrected chi connectivity index (χ3v) is 4.48. The molecule has 0 aliphatic carbocycles. The number of hydrogen-bond acceptors (Lipinski definition) is 3. The Morgan fingerprint density at radius 1 is 0.818 bits per heavy atom. The summed E-state index contributed by atoms with van der Waals surface area (Å²) in [5, 5.41) is 11.0. The second-order valence-corrected chi connectivity index (χ2v) is 7.74. The lowest BCUT2D eigenvalue weighted by molar-refractivity contribution is 0.132. The zero-order chi connectivity index (χ0) is 17.1. The summed E-state index contributed by atoms with van der Waals surface area (Å²) in [6.45, 7) is 11.3. The van der Waals surface area contributed by atoms with Crippen LogP contribution in [0.4, 0.5) is 0 Å². The van der Waals surface area contributed by atoms with Gasteiger partial charge >= 0.3 is 0 Å². The quantitative estimate of drug-likeness (QED) is 0.348. The monoisotopic (exact) mass is 313 g/mol. The molecule has 2 unspecified atom stereocenters. The first-order valence-electron chi connectivity index (χ1n) is 9.50. The first-order chi connectivity index (χ1) is 10.3. The Kier molecular flexibility index (Phi) is 11.4. The summed E-state index contributed by atoms with van der Waals surface area (Å²) in [4.78, 5) is 0. The van der Waals surface area contributed by atoms with Gasteiger partial charge in [-0.25, -0.2) is 0 Å². The van der Waals surface area contributed by atoms with E-state index in [0.717, 1.165) is 6.42 Å². The van der Waals surface area contributed by atoms with E-state index in [4.69, 9.17) is 0 Å². The summed E-state index contributed by atoms with van der Waals surface area (Å²) in [5.74, 6) is 0. The van der Waals surface area contributed by atoms with E-state index in [9.17, 15) is 0 Å². The number of likely N-dealkylation sites (N-methyl/N-ethyl adjacent to an activating group) is 2. The molecule has 0 bridgehead atoms. The molecule has 0 rings (SSSR count). The summed E-state index contributed by atoms with van der Waals surface area (Å²) in [5.41, 5.74) is 0.0829. The molecule has 2 atom stereocenters. The third kappa shape index (κ3) is 8.50. The minimum absolute atomic E-state index is 0.0227. The van der Waals surface area contributed by atoms with E-state index in [1.807, 2.05) is 0 Å². The molecule has 0 aromatic rings. The van der Waals surface area contributed by atoms with Gasteiger partial charge in [0.1, 0.15) is 0 Å². The molecular formula is C19H43N3. The highest BCUT2D eigenvalue weighted by Crippen LogP contribution is 2.23. The minimum atomic E-state index is -0.0227. The zero-order valence-electron chi connectivity index (χ0n) is 16.4. The molecule has 0 saturated carbocycles. The molecule has 0 radical (unpaired) electrons. The lowest BCUT2D eigenvalue weighted by Crippen LogP contribution is -2.70. The standard InChI is InChI=1S/C19H43N3/c1-8-10-11-12-13-14-15-17(20-6)19(21-7,16-9-2)22-18(3,4)5/h17,20-22H,8-16H2,1-7H3. The molecule has 3 heteroatoms. The van der Waals surface area contributed by atoms with Crippen LogP contribution in [0.2, 0.25) is 0 Å². The van der Waals surface area contributed by atoms with Gasteiger partial charge in [0.25, 0.3) is 0 Å². The van der Waals surface area contributed by atoms with Gasteiger partial charge in [0.05, 0.1) is 5.66 Å². The Morgan fingerprint density at radius 2 is 1.41 bits per heavy atom. The average molecular weight is 314 g/mol. The molecule has 0 fully saturated rings. The van der Waals surface area contributed by atoms with Crippen LogP contribution in [0.1, 0.15) is 92.4 Å². The van der Waals surface area contributed by atoms with Crippen LogP contribution in [-0.4, -0.2) is 31.3 Å². The first kappa shape index (κ1) is 21.9. The van der Waals surface area contributed by atoms with Crippen molar-refractivity contribution in [2.24, 2.45) is 0 Å². The van der Waals surface area contributed by atoms with Crippen molar-refractivity contribution in [1.29, 1.82) is 0 Å². The van der Waals surface area contributed by atoms with E-state index in [-0.39, 0.29) is 11.2 Å². The molecule has 3 nitrogen and oxygen atoms in total. The van der Waals surface area contributed by atoms with Crippen molar-refractivity contribution in [3.05, 3.63) is 0 Å². The van der Waals surface area contributed by atoms with Crippen LogP contribution in [-0.2, 0) is 0 Å². The van der Waals surface area contributed by atoms with E-state index >= 15 is 0 Å². The number of unbranched alkanes of at least 4 members (excludes halogenated alkanes) is 5. The first-order valence-corrected chi connectivity index (χ1v) is 9.50. The van der Waals surface area contributed by atoms with Gasteiger partial charge in [-0.3, -0.25) is 5.32 Å². The number of nitrogens with one attached hydrogen (secondary N) is 3. The van der Waals surface area contributed by atoms with Crippen molar-refractivity contribution in [2.75, 3.05) is 14.1 Å². The van der Waals surface area contributed by atoms with Gasteiger partial charge in [-0.1, -0.05) is 58.8 Å². The van der Waals surface area contributed by atoms with Crippen LogP contribution >= 0.6 is 0 Å². The Hall–Kier alpha value is -0.120. The lowest BCUT2D eigenvalue weighted by Gasteiger charge is -2.46. The molecular weight excluding hydrogens is 270 g/mol. The van der Waals surface area contributed by atoms with E-state index < -0.39 is 0 Å². The Bertz CT molecular complexity index is 260. The number of hydrogen-bond donors (Lipinski definition) is 3. The molecule has 0 aromatic heterocycles. The highest BCUT2D eigenvalue weighted by molar-refractivity contribution is 4.98. The van der Waals surface area contributed by atoms with Crippen LogP contribution in [0.25, 0.3) is 0 Å². The predicted molar refractivity (Wildman–Crippen MR) is 100 cm³/mol. The molecule has 0 heterocycles. The van der Waals surface area contributed by atoms with Crippen LogP contribution < -0.4 is 16.0 Å². The van der Waals surface area contributed by atoms with Gasteiger partial charge < -0.3 is 10.6 Å². The highest BCUT2D eigenvalue weighted by Gasteiger charge is 2.38. The maximum atomic E-state index is 3.86. The second-order valence-electron chi connectivity index (χ2n) is 7.74. The Balaban J connectivity index is 4.62. The van der Waals surface area contributed by atoms with Crippen LogP contribution in [0.5, 0.6) is 0 Å². The smallest absolute Gasteiger partial charge is 0.0846 e. The van der Waals surface area contributed by atoms with E-state index in [2.05, 4.69) is 64.7 Å². The molecule has 134 valence electrons. The van der Waals surface area contributed by atoms with E-state index in [1.54, 1.807) is 0 Å². The topological polar surface area (TPSA) is 36.1 Å². The highest BCUT2D eigenvalue weighted by atomic mass is 15.2. The van der Waals surface area contributed by atoms with E-state index in [0.29, 0.717) is 6.04 Å². The van der Waals surface area contributed by atoms with Crippen LogP contribution in [0.3, 0.4) is 0 Å². The van der Waals surface area contributed by atoms with Crippen molar-refractivity contribution in [2.45, 2.75) is 110 Å². The van der Waals surface area contributed by atoms with Crippen LogP contribution in [0, 0.1) is 0 Å². The third-order valence-electron chi connectivity index (χ3n) is 4.48. The maximum absolute atomic E-state index is 3.86. The molecule has 22 heavy (non-hydrogen) atoms. The predicted octanol–water partition coefficient (Wildman–Crippen LogP) is 4.43. The fourth-order valence-corrected chi connectivity index (χ4v) is 3.52. The second kappa shape index (κ2) is 11.4. The molecule has 0 spiro atoms. The van der Waals surface area contributed by atoms with Crippen molar-refractivity contribution in [3.63, 3.8) is 0 Å². The summed E-state index contributed by atoms with van der Waals surface area (Å²) in [7, 11) is 4.20. The van der Waals surface area contributed by atoms with Gasteiger partial charge in [-0.2, -0.15) is 0 Å². The summed E-state index contributed by atoms with van der Waals surface area (Å²) >= 11 is 0. The summed E-state index contributed by atoms with van der Waals surface area (Å²) in [6, 6.07) is 0.461. The average Bonchev–Trinajstić information content (AvgIpc) is 2.44. The van der Waals surface area contributed by atoms with Gasteiger partial charge in [0.2, 0.25) is 0 Å². The normalized spacial score (nSPS) is 16.5. The fraction of sp³-hybridized carbons (Fsp3) is 1.00. The molecule has 0 aliphatic rings. The molecule has 0 amide bonds. The zero-order valence-corrected chi connectivity index (χ0v) is 16.4. The lowest BCUT2D eigenvalue weighted by atomic mass is 9.88. The van der Waals surface area contributed by atoms with Gasteiger partial charge in [-0.05, 0) is 47.7 Å². The Morgan fingerprint density at radius 3 is 1.86 bits per heavy atom. The van der Waals surface area contributed by atoms with Crippen molar-refractivity contribution in [1.82, 2.24) is 16.0 Å². The van der Waals surface area contributed by atoms with Crippen LogP contribution in [0.15, 0.2) is 0 Å². The molecule has 0 saturated heterocycles. The largest absolute Gasteiger partial charge is 0.314 e. The molecule has 0 aliphatic heterocycles. The fourth-order valence-electron chi connectivity index (χ4n) is 3.52. The SMILES string of the molecule is CCCCCCCCC(NC)C(CCC)(NC)NC(C)(C)C. The van der Waals surface area contributed by atoms with Gasteiger partial charge in [0.15, 0.2) is 0 Å². The molecule has 0 aromatic carbocycles. The number of rotatable bonds is 13. The van der Waals surface area contributed by atoms with E-state index in [1.165, 1.54) is 51.4 Å². The Labute approximate surface area is 140 Å². The van der Waals surface area contributed by atoms with Crippen molar-refractivity contribution >= 4 is 0 Å². The summed E-state index contributed by atoms with van der Waals surface area (Å²) in [6.07, 6.45) is 11.7. The summed E-state index contributed by atoms with van der Waals surface area (Å²) < 4.78 is 0. The van der Waals surface area contributed by atoms with Crippen molar-refractivity contribution in [3.8, 4) is 0 Å². The van der Waals surface area contributed by atoms with Gasteiger partial charge in [0, 0.05) is 11.6 Å². The minimum Gasteiger partial charge on any atom is -0.314 e. The maximum Gasteiger partial charge on any atom is 0.0846 e.